The van der Waals surface area contributed by atoms with Crippen molar-refractivity contribution in [1.82, 2.24) is 4.98 Å². The van der Waals surface area contributed by atoms with Crippen molar-refractivity contribution in [2.75, 3.05) is 5.32 Å². The fourth-order valence-electron chi connectivity index (χ4n) is 1.44. The molecule has 0 radical (unpaired) electrons. The smallest absolute Gasteiger partial charge is 0.309 e. The van der Waals surface area contributed by atoms with E-state index in [2.05, 4.69) is 10.3 Å². The highest BCUT2D eigenvalue weighted by Crippen LogP contribution is 2.23. The Labute approximate surface area is 128 Å². The van der Waals surface area contributed by atoms with Crippen LogP contribution < -0.4 is 5.32 Å². The lowest BCUT2D eigenvalue weighted by atomic mass is 10.2. The van der Waals surface area contributed by atoms with E-state index in [0.29, 0.717) is 15.8 Å². The second kappa shape index (κ2) is 6.21. The number of carbonyl (C=O) groups excluding carboxylic acids is 1. The van der Waals surface area contributed by atoms with Gasteiger partial charge in [0.1, 0.15) is 0 Å². The van der Waals surface area contributed by atoms with Gasteiger partial charge < -0.3 is 5.11 Å². The van der Waals surface area contributed by atoms with Gasteiger partial charge in [-0.1, -0.05) is 23.2 Å². The summed E-state index contributed by atoms with van der Waals surface area (Å²) in [5, 5.41) is 13.7. The van der Waals surface area contributed by atoms with Crippen molar-refractivity contribution in [2.45, 2.75) is 6.42 Å². The number of anilines is 1. The highest BCUT2D eigenvalue weighted by atomic mass is 35.5. The van der Waals surface area contributed by atoms with Gasteiger partial charge in [0.05, 0.1) is 22.7 Å². The van der Waals surface area contributed by atoms with Crippen LogP contribution in [0.15, 0.2) is 23.6 Å². The normalized spacial score (nSPS) is 10.3. The summed E-state index contributed by atoms with van der Waals surface area (Å²) in [4.78, 5) is 26.6. The quantitative estimate of drug-likeness (QED) is 0.901. The van der Waals surface area contributed by atoms with Gasteiger partial charge in [-0.3, -0.25) is 14.9 Å². The van der Waals surface area contributed by atoms with Gasteiger partial charge >= 0.3 is 5.97 Å². The number of amides is 1. The number of thiazole rings is 1. The van der Waals surface area contributed by atoms with Gasteiger partial charge in [0.25, 0.3) is 5.91 Å². The highest BCUT2D eigenvalue weighted by Gasteiger charge is 2.13. The molecule has 1 aromatic carbocycles. The molecule has 0 saturated carbocycles. The molecule has 0 spiro atoms. The Balaban J connectivity index is 2.13. The van der Waals surface area contributed by atoms with Crippen molar-refractivity contribution in [3.63, 3.8) is 0 Å². The molecule has 0 saturated heterocycles. The van der Waals surface area contributed by atoms with E-state index in [4.69, 9.17) is 28.3 Å². The lowest BCUT2D eigenvalue weighted by Gasteiger charge is -2.04. The molecule has 2 N–H and O–H groups in total. The molecule has 1 amide bonds. The Morgan fingerprint density at radius 2 is 2.10 bits per heavy atom. The van der Waals surface area contributed by atoms with Gasteiger partial charge in [-0.25, -0.2) is 4.98 Å². The summed E-state index contributed by atoms with van der Waals surface area (Å²) in [6.45, 7) is 0. The van der Waals surface area contributed by atoms with Crippen LogP contribution in [0.2, 0.25) is 10.0 Å². The van der Waals surface area contributed by atoms with Crippen molar-refractivity contribution < 1.29 is 14.7 Å². The predicted octanol–water partition coefficient (Wildman–Crippen LogP) is 3.33. The third-order valence-corrected chi connectivity index (χ3v) is 3.65. The number of nitrogens with zero attached hydrogens (tertiary/aromatic N) is 1. The van der Waals surface area contributed by atoms with E-state index in [1.807, 2.05) is 0 Å². The van der Waals surface area contributed by atoms with Crippen LogP contribution in [0, 0.1) is 0 Å². The Bertz CT molecular complexity index is 672. The molecule has 1 aromatic heterocycles. The second-order valence-corrected chi connectivity index (χ2v) is 5.49. The van der Waals surface area contributed by atoms with Gasteiger partial charge in [0, 0.05) is 10.4 Å². The van der Waals surface area contributed by atoms with Crippen LogP contribution in [0.25, 0.3) is 0 Å². The summed E-state index contributed by atoms with van der Waals surface area (Å²) >= 11 is 12.9. The number of carboxylic acids is 1. The maximum absolute atomic E-state index is 12.0. The fourth-order valence-corrected chi connectivity index (χ4v) is 2.52. The van der Waals surface area contributed by atoms with Crippen LogP contribution in [0.3, 0.4) is 0 Å². The molecular weight excluding hydrogens is 323 g/mol. The van der Waals surface area contributed by atoms with E-state index in [1.165, 1.54) is 12.1 Å². The van der Waals surface area contributed by atoms with E-state index in [0.717, 1.165) is 11.3 Å². The molecule has 1 heterocycles. The Morgan fingerprint density at radius 3 is 2.80 bits per heavy atom. The first-order valence-electron chi connectivity index (χ1n) is 5.38. The van der Waals surface area contributed by atoms with Crippen LogP contribution in [0.4, 0.5) is 5.13 Å². The molecule has 8 heteroatoms. The van der Waals surface area contributed by atoms with Gasteiger partial charge in [0.2, 0.25) is 0 Å². The summed E-state index contributed by atoms with van der Waals surface area (Å²) in [6.07, 6.45) is -0.190. The Hall–Kier alpha value is -1.63. The third-order valence-electron chi connectivity index (χ3n) is 2.28. The third kappa shape index (κ3) is 3.69. The Morgan fingerprint density at radius 1 is 1.35 bits per heavy atom. The molecule has 5 nitrogen and oxygen atoms in total. The van der Waals surface area contributed by atoms with Crippen LogP contribution >= 0.6 is 34.5 Å². The summed E-state index contributed by atoms with van der Waals surface area (Å²) < 4.78 is 0. The number of aromatic nitrogens is 1. The second-order valence-electron chi connectivity index (χ2n) is 3.79. The first-order valence-corrected chi connectivity index (χ1v) is 7.02. The van der Waals surface area contributed by atoms with Crippen molar-refractivity contribution in [3.05, 3.63) is 44.9 Å². The first-order chi connectivity index (χ1) is 9.45. The lowest BCUT2D eigenvalue weighted by molar-refractivity contribution is -0.136. The van der Waals surface area contributed by atoms with Crippen molar-refractivity contribution >= 4 is 51.5 Å². The molecule has 0 aliphatic rings. The van der Waals surface area contributed by atoms with Crippen molar-refractivity contribution in [1.29, 1.82) is 0 Å². The number of benzene rings is 1. The number of aliphatic carboxylic acids is 1. The SMILES string of the molecule is O=C(O)Cc1csc(NC(=O)c2cc(Cl)ccc2Cl)n1. The summed E-state index contributed by atoms with van der Waals surface area (Å²) in [5.41, 5.74) is 0.615. The minimum absolute atomic E-state index is 0.190. The van der Waals surface area contributed by atoms with Crippen LogP contribution in [-0.4, -0.2) is 22.0 Å². The molecule has 0 aliphatic carbocycles. The largest absolute Gasteiger partial charge is 0.481 e. The molecule has 0 atom stereocenters. The molecule has 0 unspecified atom stereocenters. The number of halogens is 2. The zero-order chi connectivity index (χ0) is 14.7. The van der Waals surface area contributed by atoms with Crippen LogP contribution in [0.1, 0.15) is 16.1 Å². The maximum atomic E-state index is 12.0. The van der Waals surface area contributed by atoms with Gasteiger partial charge in [-0.05, 0) is 18.2 Å². The number of hydrogen-bond acceptors (Lipinski definition) is 4. The standard InChI is InChI=1S/C12H8Cl2N2O3S/c13-6-1-2-9(14)8(3-6)11(19)16-12-15-7(5-20-12)4-10(17)18/h1-3,5H,4H2,(H,17,18)(H,15,16,19). The van der Waals surface area contributed by atoms with Gasteiger partial charge in [0.15, 0.2) is 5.13 Å². The zero-order valence-electron chi connectivity index (χ0n) is 9.89. The minimum Gasteiger partial charge on any atom is -0.481 e. The first kappa shape index (κ1) is 14.8. The average molecular weight is 331 g/mol. The van der Waals surface area contributed by atoms with E-state index in [1.54, 1.807) is 11.4 Å². The zero-order valence-corrected chi connectivity index (χ0v) is 12.2. The van der Waals surface area contributed by atoms with Gasteiger partial charge in [-0.2, -0.15) is 0 Å². The topological polar surface area (TPSA) is 79.3 Å². The molecule has 0 aliphatic heterocycles. The van der Waals surface area contributed by atoms with Crippen molar-refractivity contribution in [2.24, 2.45) is 0 Å². The van der Waals surface area contributed by atoms with E-state index in [-0.39, 0.29) is 17.0 Å². The Kier molecular flexibility index (Phi) is 4.59. The summed E-state index contributed by atoms with van der Waals surface area (Å²) in [7, 11) is 0. The summed E-state index contributed by atoms with van der Waals surface area (Å²) in [5.74, 6) is -1.43. The van der Waals surface area contributed by atoms with E-state index in [9.17, 15) is 9.59 Å². The molecule has 2 aromatic rings. The number of nitrogens with one attached hydrogen (secondary N) is 1. The molecular formula is C12H8Cl2N2O3S. The van der Waals surface area contributed by atoms with E-state index < -0.39 is 11.9 Å². The molecule has 0 fully saturated rings. The average Bonchev–Trinajstić information content (AvgIpc) is 2.78. The fraction of sp³-hybridized carbons (Fsp3) is 0.0833. The van der Waals surface area contributed by atoms with Gasteiger partial charge in [-0.15, -0.1) is 11.3 Å². The number of carboxylic acid groups (broad SMARTS) is 1. The highest BCUT2D eigenvalue weighted by molar-refractivity contribution is 7.14. The van der Waals surface area contributed by atoms with Crippen molar-refractivity contribution in [3.8, 4) is 0 Å². The minimum atomic E-state index is -0.980. The number of rotatable bonds is 4. The molecule has 104 valence electrons. The number of carbonyl (C=O) groups is 2. The number of hydrogen-bond donors (Lipinski definition) is 2. The monoisotopic (exact) mass is 330 g/mol. The molecule has 20 heavy (non-hydrogen) atoms. The summed E-state index contributed by atoms with van der Waals surface area (Å²) in [6, 6.07) is 4.55. The lowest BCUT2D eigenvalue weighted by Crippen LogP contribution is -2.12. The van der Waals surface area contributed by atoms with E-state index >= 15 is 0 Å². The maximum Gasteiger partial charge on any atom is 0.309 e. The molecule has 0 bridgehead atoms. The van der Waals surface area contributed by atoms with Crippen LogP contribution in [0.5, 0.6) is 0 Å². The molecule has 2 rings (SSSR count). The predicted molar refractivity (Wildman–Crippen MR) is 77.9 cm³/mol. The van der Waals surface area contributed by atoms with Crippen LogP contribution in [-0.2, 0) is 11.2 Å².